The van der Waals surface area contributed by atoms with Gasteiger partial charge in [-0.05, 0) is 62.1 Å². The Morgan fingerprint density at radius 3 is 2.77 bits per heavy atom. The van der Waals surface area contributed by atoms with Crippen LogP contribution in [0, 0.1) is 0 Å². The number of nitrogens with zero attached hydrogens (tertiary/aromatic N) is 2. The second kappa shape index (κ2) is 7.97. The molecule has 0 radical (unpaired) electrons. The van der Waals surface area contributed by atoms with Gasteiger partial charge in [0.2, 0.25) is 5.91 Å². The van der Waals surface area contributed by atoms with E-state index < -0.39 is 0 Å². The van der Waals surface area contributed by atoms with E-state index in [2.05, 4.69) is 23.3 Å². The van der Waals surface area contributed by atoms with Crippen molar-refractivity contribution in [3.05, 3.63) is 63.1 Å². The van der Waals surface area contributed by atoms with E-state index in [-0.39, 0.29) is 11.8 Å². The first-order chi connectivity index (χ1) is 12.3. The average Bonchev–Trinajstić information content (AvgIpc) is 2.54. The average molecular weight is 392 g/mol. The molecule has 2 aromatic carbocycles. The van der Waals surface area contributed by atoms with Crippen molar-refractivity contribution in [3.63, 3.8) is 0 Å². The summed E-state index contributed by atoms with van der Waals surface area (Å²) in [5.41, 5.74) is 4.23. The van der Waals surface area contributed by atoms with Gasteiger partial charge >= 0.3 is 0 Å². The fourth-order valence-electron chi connectivity index (χ4n) is 3.45. The van der Waals surface area contributed by atoms with Gasteiger partial charge in [0.05, 0.1) is 6.54 Å². The standard InChI is InChI=1S/C20H23Cl2N3O/c1-24(2)12-20(26)23-15-6-4-5-13(7-15)17-10-25(3)11-18-16(17)8-14(21)9-19(18)22/h4-9,17H,10-12H2,1-3H3,(H,23,26). The molecular formula is C20H23Cl2N3O. The van der Waals surface area contributed by atoms with Gasteiger partial charge in [0.25, 0.3) is 0 Å². The number of rotatable bonds is 4. The first-order valence-corrected chi connectivity index (χ1v) is 9.30. The van der Waals surface area contributed by atoms with Gasteiger partial charge in [0.15, 0.2) is 0 Å². The molecule has 26 heavy (non-hydrogen) atoms. The zero-order chi connectivity index (χ0) is 18.8. The Kier molecular flexibility index (Phi) is 5.88. The molecule has 4 nitrogen and oxygen atoms in total. The van der Waals surface area contributed by atoms with Crippen molar-refractivity contribution in [2.75, 3.05) is 39.5 Å². The third kappa shape index (κ3) is 4.38. The summed E-state index contributed by atoms with van der Waals surface area (Å²) in [5, 5.41) is 4.32. The fourth-order valence-corrected chi connectivity index (χ4v) is 4.02. The van der Waals surface area contributed by atoms with E-state index in [1.165, 1.54) is 0 Å². The molecule has 0 saturated carbocycles. The van der Waals surface area contributed by atoms with Crippen LogP contribution in [0.2, 0.25) is 10.0 Å². The molecule has 1 heterocycles. The zero-order valence-electron chi connectivity index (χ0n) is 15.2. The number of fused-ring (bicyclic) bond motifs is 1. The summed E-state index contributed by atoms with van der Waals surface area (Å²) in [4.78, 5) is 16.2. The second-order valence-electron chi connectivity index (χ2n) is 7.12. The maximum absolute atomic E-state index is 12.1. The minimum absolute atomic E-state index is 0.0283. The number of carbonyl (C=O) groups is 1. The Morgan fingerprint density at radius 2 is 2.04 bits per heavy atom. The van der Waals surface area contributed by atoms with Gasteiger partial charge in [0, 0.05) is 34.7 Å². The van der Waals surface area contributed by atoms with E-state index in [0.29, 0.717) is 16.6 Å². The van der Waals surface area contributed by atoms with Crippen LogP contribution in [-0.2, 0) is 11.3 Å². The lowest BCUT2D eigenvalue weighted by Gasteiger charge is -2.33. The maximum Gasteiger partial charge on any atom is 0.238 e. The molecule has 0 saturated heterocycles. The lowest BCUT2D eigenvalue weighted by atomic mass is 9.84. The SMILES string of the molecule is CN(C)CC(=O)Nc1cccc(C2CN(C)Cc3c(Cl)cc(Cl)cc32)c1. The van der Waals surface area contributed by atoms with Crippen molar-refractivity contribution in [3.8, 4) is 0 Å². The van der Waals surface area contributed by atoms with E-state index in [4.69, 9.17) is 23.2 Å². The highest BCUT2D eigenvalue weighted by Crippen LogP contribution is 2.38. The summed E-state index contributed by atoms with van der Waals surface area (Å²) in [7, 11) is 5.83. The van der Waals surface area contributed by atoms with Crippen LogP contribution in [0.4, 0.5) is 5.69 Å². The van der Waals surface area contributed by atoms with Crippen molar-refractivity contribution in [1.82, 2.24) is 9.80 Å². The number of anilines is 1. The quantitative estimate of drug-likeness (QED) is 0.852. The Bertz CT molecular complexity index is 823. The lowest BCUT2D eigenvalue weighted by Crippen LogP contribution is -2.31. The first kappa shape index (κ1) is 19.2. The number of halogens is 2. The Morgan fingerprint density at radius 1 is 1.27 bits per heavy atom. The highest BCUT2D eigenvalue weighted by molar-refractivity contribution is 6.35. The highest BCUT2D eigenvalue weighted by atomic mass is 35.5. The molecule has 1 aliphatic rings. The van der Waals surface area contributed by atoms with Crippen LogP contribution in [-0.4, -0.2) is 49.9 Å². The molecule has 0 spiro atoms. The number of benzene rings is 2. The van der Waals surface area contributed by atoms with Gasteiger partial charge in [-0.25, -0.2) is 0 Å². The van der Waals surface area contributed by atoms with Gasteiger partial charge in [-0.15, -0.1) is 0 Å². The number of nitrogens with one attached hydrogen (secondary N) is 1. The van der Waals surface area contributed by atoms with Gasteiger partial charge < -0.3 is 15.1 Å². The number of carbonyl (C=O) groups excluding carboxylic acids is 1. The van der Waals surface area contributed by atoms with Crippen LogP contribution in [0.5, 0.6) is 0 Å². The monoisotopic (exact) mass is 391 g/mol. The first-order valence-electron chi connectivity index (χ1n) is 8.54. The summed E-state index contributed by atoms with van der Waals surface area (Å²) >= 11 is 12.7. The fraction of sp³-hybridized carbons (Fsp3) is 0.350. The van der Waals surface area contributed by atoms with Crippen LogP contribution in [0.25, 0.3) is 0 Å². The molecule has 0 aliphatic carbocycles. The number of hydrogen-bond donors (Lipinski definition) is 1. The van der Waals surface area contributed by atoms with E-state index >= 15 is 0 Å². The lowest BCUT2D eigenvalue weighted by molar-refractivity contribution is -0.116. The Balaban J connectivity index is 1.93. The third-order valence-corrected chi connectivity index (χ3v) is 5.08. The van der Waals surface area contributed by atoms with E-state index in [9.17, 15) is 4.79 Å². The van der Waals surface area contributed by atoms with Crippen LogP contribution >= 0.6 is 23.2 Å². The maximum atomic E-state index is 12.1. The highest BCUT2D eigenvalue weighted by Gasteiger charge is 2.27. The summed E-state index contributed by atoms with van der Waals surface area (Å²) in [6.07, 6.45) is 0. The molecule has 3 rings (SSSR count). The molecule has 1 aliphatic heterocycles. The molecule has 1 unspecified atom stereocenters. The third-order valence-electron chi connectivity index (χ3n) is 4.53. The molecule has 138 valence electrons. The molecular weight excluding hydrogens is 369 g/mol. The summed E-state index contributed by atoms with van der Waals surface area (Å²) in [6.45, 7) is 2.03. The van der Waals surface area contributed by atoms with Crippen LogP contribution in [0.3, 0.4) is 0 Å². The minimum atomic E-state index is -0.0283. The van der Waals surface area contributed by atoms with Crippen molar-refractivity contribution in [2.24, 2.45) is 0 Å². The van der Waals surface area contributed by atoms with Crippen molar-refractivity contribution >= 4 is 34.8 Å². The van der Waals surface area contributed by atoms with Gasteiger partial charge in [-0.1, -0.05) is 35.3 Å². The summed E-state index contributed by atoms with van der Waals surface area (Å²) in [5.74, 6) is 0.130. The molecule has 1 N–H and O–H groups in total. The Labute approximate surface area is 164 Å². The van der Waals surface area contributed by atoms with Crippen LogP contribution < -0.4 is 5.32 Å². The summed E-state index contributed by atoms with van der Waals surface area (Å²) < 4.78 is 0. The number of amides is 1. The topological polar surface area (TPSA) is 35.6 Å². The number of likely N-dealkylation sites (N-methyl/N-ethyl adjacent to an activating group) is 2. The summed E-state index contributed by atoms with van der Waals surface area (Å²) in [6, 6.07) is 11.8. The second-order valence-corrected chi connectivity index (χ2v) is 7.96. The predicted molar refractivity (Wildman–Crippen MR) is 108 cm³/mol. The van der Waals surface area contributed by atoms with Crippen molar-refractivity contribution in [1.29, 1.82) is 0 Å². The number of hydrogen-bond acceptors (Lipinski definition) is 3. The molecule has 0 fully saturated rings. The largest absolute Gasteiger partial charge is 0.325 e. The zero-order valence-corrected chi connectivity index (χ0v) is 16.7. The molecule has 1 amide bonds. The van der Waals surface area contributed by atoms with Crippen LogP contribution in [0.15, 0.2) is 36.4 Å². The van der Waals surface area contributed by atoms with Crippen LogP contribution in [0.1, 0.15) is 22.6 Å². The predicted octanol–water partition coefficient (Wildman–Crippen LogP) is 4.07. The van der Waals surface area contributed by atoms with E-state index in [1.807, 2.05) is 43.3 Å². The molecule has 0 bridgehead atoms. The minimum Gasteiger partial charge on any atom is -0.325 e. The van der Waals surface area contributed by atoms with E-state index in [0.717, 1.165) is 35.5 Å². The normalized spacial score (nSPS) is 17.2. The van der Waals surface area contributed by atoms with Gasteiger partial charge in [-0.2, -0.15) is 0 Å². The van der Waals surface area contributed by atoms with Crippen molar-refractivity contribution < 1.29 is 4.79 Å². The van der Waals surface area contributed by atoms with Gasteiger partial charge in [0.1, 0.15) is 0 Å². The molecule has 6 heteroatoms. The molecule has 2 aromatic rings. The van der Waals surface area contributed by atoms with Crippen molar-refractivity contribution in [2.45, 2.75) is 12.5 Å². The molecule has 1 atom stereocenters. The van der Waals surface area contributed by atoms with E-state index in [1.54, 1.807) is 6.07 Å². The Hall–Kier alpha value is -1.59. The van der Waals surface area contributed by atoms with Gasteiger partial charge in [-0.3, -0.25) is 4.79 Å². The molecule has 0 aromatic heterocycles. The smallest absolute Gasteiger partial charge is 0.238 e.